The summed E-state index contributed by atoms with van der Waals surface area (Å²) in [4.78, 5) is 12.2. The maximum absolute atomic E-state index is 12.2. The van der Waals surface area contributed by atoms with E-state index in [0.717, 1.165) is 42.6 Å². The molecule has 3 nitrogen and oxygen atoms in total. The molecule has 2 aromatic rings. The molecule has 0 radical (unpaired) electrons. The number of carbonyl (C=O) groups excluding carboxylic acids is 1. The van der Waals surface area contributed by atoms with Crippen LogP contribution >= 0.6 is 0 Å². The lowest BCUT2D eigenvalue weighted by atomic mass is 9.59. The monoisotopic (exact) mass is 430 g/mol. The van der Waals surface area contributed by atoms with Crippen LogP contribution in [-0.4, -0.2) is 17.0 Å². The van der Waals surface area contributed by atoms with Crippen LogP contribution in [0.25, 0.3) is 5.57 Å². The van der Waals surface area contributed by atoms with E-state index < -0.39 is 0 Å². The molecule has 2 aromatic carbocycles. The Bertz CT molecular complexity index is 1010. The van der Waals surface area contributed by atoms with Gasteiger partial charge in [0.25, 0.3) is 0 Å². The lowest BCUT2D eigenvalue weighted by Gasteiger charge is -2.45. The third kappa shape index (κ3) is 4.22. The minimum Gasteiger partial charge on any atom is -0.507 e. The van der Waals surface area contributed by atoms with Crippen LogP contribution in [0.5, 0.6) is 11.5 Å². The van der Waals surface area contributed by atoms with Crippen molar-refractivity contribution in [2.75, 3.05) is 0 Å². The molecule has 0 aliphatic heterocycles. The van der Waals surface area contributed by atoms with Crippen LogP contribution in [0.1, 0.15) is 80.9 Å². The van der Waals surface area contributed by atoms with E-state index >= 15 is 0 Å². The van der Waals surface area contributed by atoms with Gasteiger partial charge in [-0.15, -0.1) is 0 Å². The topological polar surface area (TPSA) is 46.5 Å². The molecule has 1 N–H and O–H groups in total. The van der Waals surface area contributed by atoms with E-state index in [1.54, 1.807) is 6.07 Å². The average Bonchev–Trinajstić information content (AvgIpc) is 2.79. The number of ether oxygens (including phenoxy) is 1. The number of rotatable bonds is 6. The van der Waals surface area contributed by atoms with Gasteiger partial charge in [0.05, 0.1) is 6.10 Å². The zero-order valence-electron chi connectivity index (χ0n) is 19.1. The van der Waals surface area contributed by atoms with Crippen LogP contribution in [0.2, 0.25) is 0 Å². The van der Waals surface area contributed by atoms with E-state index in [2.05, 4.69) is 43.3 Å². The molecule has 168 valence electrons. The van der Waals surface area contributed by atoms with Crippen molar-refractivity contribution >= 4 is 11.4 Å². The van der Waals surface area contributed by atoms with E-state index in [4.69, 9.17) is 4.74 Å². The summed E-state index contributed by atoms with van der Waals surface area (Å²) in [6, 6.07) is 14.5. The second-order valence-electron chi connectivity index (χ2n) is 9.98. The summed E-state index contributed by atoms with van der Waals surface area (Å²) < 4.78 is 6.29. The Morgan fingerprint density at radius 3 is 2.72 bits per heavy atom. The number of hydrogen-bond acceptors (Lipinski definition) is 3. The van der Waals surface area contributed by atoms with Crippen molar-refractivity contribution in [3.63, 3.8) is 0 Å². The predicted octanol–water partition coefficient (Wildman–Crippen LogP) is 6.83. The SMILES string of the molecule is C[C@H](CCCc1ccccc1)Oc1cc(O)c2c(c1)[C@@H]1CCCC[C@H]1[C@@H]1CCC(=O)C=C21. The third-order valence-corrected chi connectivity index (χ3v) is 7.82. The summed E-state index contributed by atoms with van der Waals surface area (Å²) in [6.07, 6.45) is 11.5. The second-order valence-corrected chi connectivity index (χ2v) is 9.98. The lowest BCUT2D eigenvalue weighted by Crippen LogP contribution is -2.33. The Labute approximate surface area is 191 Å². The van der Waals surface area contributed by atoms with Crippen LogP contribution in [0.15, 0.2) is 48.5 Å². The number of allylic oxidation sites excluding steroid dienone is 2. The van der Waals surface area contributed by atoms with E-state index in [9.17, 15) is 9.90 Å². The number of fused-ring (bicyclic) bond motifs is 6. The molecule has 0 aromatic heterocycles. The fraction of sp³-hybridized carbons (Fsp3) is 0.483. The van der Waals surface area contributed by atoms with Crippen LogP contribution in [0.3, 0.4) is 0 Å². The van der Waals surface area contributed by atoms with Gasteiger partial charge in [-0.2, -0.15) is 0 Å². The normalized spacial score (nSPS) is 25.2. The summed E-state index contributed by atoms with van der Waals surface area (Å²) in [5, 5.41) is 11.1. The number of aryl methyl sites for hydroxylation is 1. The molecule has 5 rings (SSSR count). The standard InChI is InChI=1S/C29H34O3/c1-19(8-7-11-20-9-3-2-4-10-20)32-22-17-27-24-13-6-5-12-23(24)25-15-14-21(30)16-26(25)29(27)28(31)18-22/h2-4,9-10,16-19,23-25,31H,5-8,11-15H2,1H3/t19-,23-,24-,25+/m1/s1. The molecule has 3 aliphatic carbocycles. The highest BCUT2D eigenvalue weighted by Crippen LogP contribution is 2.57. The van der Waals surface area contributed by atoms with Crippen molar-refractivity contribution in [3.8, 4) is 11.5 Å². The minimum atomic E-state index is 0.0881. The number of aromatic hydroxyl groups is 1. The van der Waals surface area contributed by atoms with Gasteiger partial charge in [-0.25, -0.2) is 0 Å². The maximum atomic E-state index is 12.2. The van der Waals surface area contributed by atoms with Gasteiger partial charge in [-0.3, -0.25) is 4.79 Å². The summed E-state index contributed by atoms with van der Waals surface area (Å²) in [5.41, 5.74) is 4.58. The predicted molar refractivity (Wildman–Crippen MR) is 128 cm³/mol. The smallest absolute Gasteiger partial charge is 0.156 e. The quantitative estimate of drug-likeness (QED) is 0.546. The first-order valence-electron chi connectivity index (χ1n) is 12.4. The molecule has 0 spiro atoms. The van der Waals surface area contributed by atoms with Crippen LogP contribution < -0.4 is 4.74 Å². The largest absolute Gasteiger partial charge is 0.507 e. The van der Waals surface area contributed by atoms with Crippen molar-refractivity contribution in [1.29, 1.82) is 0 Å². The first-order chi connectivity index (χ1) is 15.6. The van der Waals surface area contributed by atoms with E-state index in [1.807, 2.05) is 6.08 Å². The summed E-state index contributed by atoms with van der Waals surface area (Å²) in [6.45, 7) is 2.11. The number of hydrogen-bond donors (Lipinski definition) is 1. The van der Waals surface area contributed by atoms with Crippen molar-refractivity contribution < 1.29 is 14.6 Å². The van der Waals surface area contributed by atoms with Gasteiger partial charge in [0, 0.05) is 18.1 Å². The summed E-state index contributed by atoms with van der Waals surface area (Å²) in [7, 11) is 0. The third-order valence-electron chi connectivity index (χ3n) is 7.82. The van der Waals surface area contributed by atoms with E-state index in [1.165, 1.54) is 36.8 Å². The number of phenolic OH excluding ortho intramolecular Hbond substituents is 1. The van der Waals surface area contributed by atoms with E-state index in [0.29, 0.717) is 24.2 Å². The molecule has 0 bridgehead atoms. The molecular formula is C29H34O3. The van der Waals surface area contributed by atoms with Crippen molar-refractivity contribution in [1.82, 2.24) is 0 Å². The number of benzene rings is 2. The molecule has 0 saturated heterocycles. The van der Waals surface area contributed by atoms with E-state index in [-0.39, 0.29) is 17.6 Å². The van der Waals surface area contributed by atoms with Crippen LogP contribution in [-0.2, 0) is 11.2 Å². The Morgan fingerprint density at radius 1 is 1.06 bits per heavy atom. The molecule has 3 aliphatic rings. The second kappa shape index (κ2) is 9.13. The van der Waals surface area contributed by atoms with Crippen LogP contribution in [0, 0.1) is 11.8 Å². The summed E-state index contributed by atoms with van der Waals surface area (Å²) in [5.74, 6) is 2.72. The zero-order valence-corrected chi connectivity index (χ0v) is 19.1. The highest BCUT2D eigenvalue weighted by Gasteiger charge is 2.43. The first-order valence-corrected chi connectivity index (χ1v) is 12.4. The van der Waals surface area contributed by atoms with Gasteiger partial charge >= 0.3 is 0 Å². The van der Waals surface area contributed by atoms with Gasteiger partial charge in [0.2, 0.25) is 0 Å². The van der Waals surface area contributed by atoms with Crippen molar-refractivity contribution in [2.24, 2.45) is 11.8 Å². The average molecular weight is 431 g/mol. The fourth-order valence-corrected chi connectivity index (χ4v) is 6.36. The Morgan fingerprint density at radius 2 is 1.88 bits per heavy atom. The molecule has 4 atom stereocenters. The number of phenols is 1. The minimum absolute atomic E-state index is 0.0881. The molecular weight excluding hydrogens is 396 g/mol. The zero-order chi connectivity index (χ0) is 22.1. The molecule has 3 heteroatoms. The first kappa shape index (κ1) is 21.3. The fourth-order valence-electron chi connectivity index (χ4n) is 6.36. The Hall–Kier alpha value is -2.55. The number of ketones is 1. The lowest BCUT2D eigenvalue weighted by molar-refractivity contribution is -0.115. The highest BCUT2D eigenvalue weighted by atomic mass is 16.5. The van der Waals surface area contributed by atoms with Gasteiger partial charge < -0.3 is 9.84 Å². The molecule has 0 heterocycles. The molecule has 1 fully saturated rings. The summed E-state index contributed by atoms with van der Waals surface area (Å²) >= 11 is 0. The Kier molecular flexibility index (Phi) is 6.08. The molecule has 32 heavy (non-hydrogen) atoms. The Balaban J connectivity index is 1.36. The van der Waals surface area contributed by atoms with Crippen LogP contribution in [0.4, 0.5) is 0 Å². The van der Waals surface area contributed by atoms with Gasteiger partial charge in [-0.1, -0.05) is 43.2 Å². The maximum Gasteiger partial charge on any atom is 0.156 e. The van der Waals surface area contributed by atoms with Crippen molar-refractivity contribution in [2.45, 2.75) is 76.7 Å². The van der Waals surface area contributed by atoms with Crippen molar-refractivity contribution in [3.05, 3.63) is 65.2 Å². The van der Waals surface area contributed by atoms with Gasteiger partial charge in [0.1, 0.15) is 11.5 Å². The highest BCUT2D eigenvalue weighted by molar-refractivity contribution is 6.00. The van der Waals surface area contributed by atoms with Gasteiger partial charge in [0.15, 0.2) is 5.78 Å². The van der Waals surface area contributed by atoms with Gasteiger partial charge in [-0.05, 0) is 92.0 Å². The molecule has 0 unspecified atom stereocenters. The number of carbonyl (C=O) groups is 1. The molecule has 1 saturated carbocycles. The molecule has 0 amide bonds.